The van der Waals surface area contributed by atoms with Crippen LogP contribution in [0.2, 0.25) is 0 Å². The van der Waals surface area contributed by atoms with Crippen LogP contribution in [0.1, 0.15) is 26.2 Å². The van der Waals surface area contributed by atoms with Gasteiger partial charge in [0.2, 0.25) is 11.7 Å². The second-order valence-corrected chi connectivity index (χ2v) is 5.14. The number of nitrogens with zero attached hydrogens (tertiary/aromatic N) is 2. The van der Waals surface area contributed by atoms with Crippen molar-refractivity contribution in [3.63, 3.8) is 0 Å². The van der Waals surface area contributed by atoms with Crippen LogP contribution in [-0.2, 0) is 11.0 Å². The summed E-state index contributed by atoms with van der Waals surface area (Å²) in [6.07, 6.45) is -4.28. The van der Waals surface area contributed by atoms with Crippen LogP contribution in [0.5, 0.6) is 0 Å². The van der Waals surface area contributed by atoms with Gasteiger partial charge in [-0.15, -0.1) is 0 Å². The Bertz CT molecular complexity index is 648. The lowest BCUT2D eigenvalue weighted by Gasteiger charge is -2.07. The number of benzene rings is 1. The van der Waals surface area contributed by atoms with E-state index < -0.39 is 12.1 Å². The molecule has 2 aromatic rings. The van der Waals surface area contributed by atoms with Crippen molar-refractivity contribution < 1.29 is 22.5 Å². The standard InChI is InChI=1S/C14H14F3N3O2/c1-8(2)7-11(21)18-10-5-3-9(4-6-10)12-19-13(22-20-12)14(15,16)17/h3-6,8H,7H2,1-2H3,(H,18,21). The molecule has 22 heavy (non-hydrogen) atoms. The van der Waals surface area contributed by atoms with Crippen molar-refractivity contribution in [1.82, 2.24) is 10.1 Å². The molecule has 0 fully saturated rings. The third kappa shape index (κ3) is 4.06. The fourth-order valence-corrected chi connectivity index (χ4v) is 1.74. The third-order valence-electron chi connectivity index (χ3n) is 2.69. The molecule has 0 unspecified atom stereocenters. The molecule has 0 aliphatic carbocycles. The average molecular weight is 313 g/mol. The van der Waals surface area contributed by atoms with E-state index in [1.807, 2.05) is 13.8 Å². The largest absolute Gasteiger partial charge is 0.471 e. The summed E-state index contributed by atoms with van der Waals surface area (Å²) in [5.74, 6) is -1.44. The van der Waals surface area contributed by atoms with Crippen molar-refractivity contribution >= 4 is 11.6 Å². The smallest absolute Gasteiger partial charge is 0.329 e. The number of alkyl halides is 3. The lowest BCUT2D eigenvalue weighted by Crippen LogP contribution is -2.13. The Hall–Kier alpha value is -2.38. The van der Waals surface area contributed by atoms with Crippen LogP contribution < -0.4 is 5.32 Å². The quantitative estimate of drug-likeness (QED) is 0.933. The molecule has 0 radical (unpaired) electrons. The number of aromatic nitrogens is 2. The highest BCUT2D eigenvalue weighted by Gasteiger charge is 2.38. The van der Waals surface area contributed by atoms with Crippen LogP contribution in [0, 0.1) is 5.92 Å². The Morgan fingerprint density at radius 2 is 1.91 bits per heavy atom. The lowest BCUT2D eigenvalue weighted by molar-refractivity contribution is -0.159. The van der Waals surface area contributed by atoms with Gasteiger partial charge >= 0.3 is 12.1 Å². The average Bonchev–Trinajstić information content (AvgIpc) is 2.88. The van der Waals surface area contributed by atoms with Gasteiger partial charge in [0.25, 0.3) is 0 Å². The summed E-state index contributed by atoms with van der Waals surface area (Å²) in [4.78, 5) is 14.9. The molecule has 1 amide bonds. The first-order valence-electron chi connectivity index (χ1n) is 6.57. The maximum Gasteiger partial charge on any atom is 0.471 e. The minimum absolute atomic E-state index is 0.123. The molecule has 0 aliphatic heterocycles. The van der Waals surface area contributed by atoms with Gasteiger partial charge in [-0.2, -0.15) is 18.2 Å². The second kappa shape index (κ2) is 6.17. The predicted octanol–water partition coefficient (Wildman–Crippen LogP) is 3.74. The van der Waals surface area contributed by atoms with E-state index in [2.05, 4.69) is 20.0 Å². The van der Waals surface area contributed by atoms with E-state index in [1.165, 1.54) is 12.1 Å². The van der Waals surface area contributed by atoms with Crippen molar-refractivity contribution in [2.24, 2.45) is 5.92 Å². The van der Waals surface area contributed by atoms with E-state index in [-0.39, 0.29) is 17.6 Å². The predicted molar refractivity (Wildman–Crippen MR) is 72.8 cm³/mol. The van der Waals surface area contributed by atoms with Gasteiger partial charge < -0.3 is 9.84 Å². The molecule has 1 N–H and O–H groups in total. The van der Waals surface area contributed by atoms with Crippen molar-refractivity contribution in [3.05, 3.63) is 30.2 Å². The second-order valence-electron chi connectivity index (χ2n) is 5.14. The Morgan fingerprint density at radius 1 is 1.27 bits per heavy atom. The van der Waals surface area contributed by atoms with Crippen LogP contribution in [0.3, 0.4) is 0 Å². The zero-order chi connectivity index (χ0) is 16.3. The van der Waals surface area contributed by atoms with E-state index in [4.69, 9.17) is 0 Å². The number of rotatable bonds is 4. The van der Waals surface area contributed by atoms with Crippen LogP contribution in [0.25, 0.3) is 11.4 Å². The van der Waals surface area contributed by atoms with E-state index in [0.29, 0.717) is 17.7 Å². The fourth-order valence-electron chi connectivity index (χ4n) is 1.74. The number of amides is 1. The van der Waals surface area contributed by atoms with Crippen molar-refractivity contribution in [3.8, 4) is 11.4 Å². The zero-order valence-corrected chi connectivity index (χ0v) is 11.9. The number of anilines is 1. The van der Waals surface area contributed by atoms with E-state index in [0.717, 1.165) is 0 Å². The van der Waals surface area contributed by atoms with Gasteiger partial charge in [-0.1, -0.05) is 19.0 Å². The van der Waals surface area contributed by atoms with Gasteiger partial charge in [0, 0.05) is 17.7 Å². The highest BCUT2D eigenvalue weighted by Crippen LogP contribution is 2.29. The first kappa shape index (κ1) is 16.0. The highest BCUT2D eigenvalue weighted by molar-refractivity contribution is 5.91. The van der Waals surface area contributed by atoms with E-state index >= 15 is 0 Å². The van der Waals surface area contributed by atoms with Crippen molar-refractivity contribution in [1.29, 1.82) is 0 Å². The zero-order valence-electron chi connectivity index (χ0n) is 11.9. The van der Waals surface area contributed by atoms with Crippen LogP contribution in [-0.4, -0.2) is 16.0 Å². The first-order valence-corrected chi connectivity index (χ1v) is 6.57. The van der Waals surface area contributed by atoms with Crippen LogP contribution >= 0.6 is 0 Å². The number of hydrogen-bond donors (Lipinski definition) is 1. The molecule has 8 heteroatoms. The third-order valence-corrected chi connectivity index (χ3v) is 2.69. The summed E-state index contributed by atoms with van der Waals surface area (Å²) in [7, 11) is 0. The maximum atomic E-state index is 12.4. The molecule has 5 nitrogen and oxygen atoms in total. The number of carbonyl (C=O) groups is 1. The van der Waals surface area contributed by atoms with Gasteiger partial charge in [0.1, 0.15) is 0 Å². The van der Waals surface area contributed by atoms with E-state index in [1.54, 1.807) is 12.1 Å². The van der Waals surface area contributed by atoms with Gasteiger partial charge in [0.15, 0.2) is 0 Å². The SMILES string of the molecule is CC(C)CC(=O)Nc1ccc(-c2noc(C(F)(F)F)n2)cc1. The monoisotopic (exact) mass is 313 g/mol. The number of hydrogen-bond acceptors (Lipinski definition) is 4. The lowest BCUT2D eigenvalue weighted by atomic mass is 10.1. The summed E-state index contributed by atoms with van der Waals surface area (Å²) in [6, 6.07) is 6.15. The molecule has 1 aromatic carbocycles. The minimum Gasteiger partial charge on any atom is -0.329 e. The minimum atomic E-state index is -4.67. The summed E-state index contributed by atoms with van der Waals surface area (Å²) in [6.45, 7) is 3.86. The Labute approximate surface area is 124 Å². The number of nitrogens with one attached hydrogen (secondary N) is 1. The molecule has 2 rings (SSSR count). The molecule has 0 saturated carbocycles. The maximum absolute atomic E-state index is 12.4. The molecule has 0 saturated heterocycles. The topological polar surface area (TPSA) is 68.0 Å². The normalized spacial score (nSPS) is 11.7. The van der Waals surface area contributed by atoms with Gasteiger partial charge in [-0.05, 0) is 30.2 Å². The molecule has 0 spiro atoms. The van der Waals surface area contributed by atoms with Gasteiger partial charge in [0.05, 0.1) is 0 Å². The summed E-state index contributed by atoms with van der Waals surface area (Å²) >= 11 is 0. The fraction of sp³-hybridized carbons (Fsp3) is 0.357. The Balaban J connectivity index is 2.09. The summed E-state index contributed by atoms with van der Waals surface area (Å²) < 4.78 is 41.3. The van der Waals surface area contributed by atoms with Gasteiger partial charge in [-0.25, -0.2) is 0 Å². The molecule has 1 aromatic heterocycles. The van der Waals surface area contributed by atoms with Crippen LogP contribution in [0.15, 0.2) is 28.8 Å². The molecule has 0 atom stereocenters. The van der Waals surface area contributed by atoms with Gasteiger partial charge in [-0.3, -0.25) is 4.79 Å². The molecular formula is C14H14F3N3O2. The Morgan fingerprint density at radius 3 is 2.41 bits per heavy atom. The first-order chi connectivity index (χ1) is 10.3. The Kier molecular flexibility index (Phi) is 4.48. The van der Waals surface area contributed by atoms with Crippen molar-refractivity contribution in [2.45, 2.75) is 26.4 Å². The summed E-state index contributed by atoms with van der Waals surface area (Å²) in [5.41, 5.74) is 0.912. The molecule has 1 heterocycles. The number of halogens is 3. The molecule has 0 aliphatic rings. The number of carbonyl (C=O) groups excluding carboxylic acids is 1. The molecule has 118 valence electrons. The molecule has 0 bridgehead atoms. The molecular weight excluding hydrogens is 299 g/mol. The van der Waals surface area contributed by atoms with Crippen molar-refractivity contribution in [2.75, 3.05) is 5.32 Å². The van der Waals surface area contributed by atoms with Crippen LogP contribution in [0.4, 0.5) is 18.9 Å². The highest BCUT2D eigenvalue weighted by atomic mass is 19.4. The summed E-state index contributed by atoms with van der Waals surface area (Å²) in [5, 5.41) is 5.99. The van der Waals surface area contributed by atoms with E-state index in [9.17, 15) is 18.0 Å².